The maximum atomic E-state index is 13.3. The van der Waals surface area contributed by atoms with Crippen LogP contribution in [0.15, 0.2) is 102 Å². The molecule has 1 aliphatic heterocycles. The zero-order chi connectivity index (χ0) is 24.0. The van der Waals surface area contributed by atoms with Crippen molar-refractivity contribution in [1.82, 2.24) is 19.4 Å². The molecule has 0 aliphatic carbocycles. The molecule has 1 saturated heterocycles. The molecule has 0 spiro atoms. The monoisotopic (exact) mass is 482 g/mol. The first kappa shape index (κ1) is 23.4. The molecule has 1 amide bonds. The average Bonchev–Trinajstić information content (AvgIpc) is 3.33. The lowest BCUT2D eigenvalue weighted by Crippen LogP contribution is -2.49. The fourth-order valence-corrected chi connectivity index (χ4v) is 5.56. The largest absolute Gasteiger partial charge is 0.336 e. The molecule has 1 aliphatic rings. The van der Waals surface area contributed by atoms with Gasteiger partial charge in [-0.1, -0.05) is 84.6 Å². The Kier molecular flexibility index (Phi) is 7.31. The molecule has 0 atom stereocenters. The number of benzene rings is 3. The molecular weight excluding hydrogens is 452 g/mol. The van der Waals surface area contributed by atoms with E-state index in [1.807, 2.05) is 47.1 Å². The summed E-state index contributed by atoms with van der Waals surface area (Å²) >= 11 is 1.68. The Hall–Kier alpha value is -3.35. The second-order valence-electron chi connectivity index (χ2n) is 8.86. The highest BCUT2D eigenvalue weighted by atomic mass is 32.2. The van der Waals surface area contributed by atoms with Crippen LogP contribution in [0.1, 0.15) is 33.1 Å². The number of aryl methyl sites for hydroxylation is 1. The second-order valence-corrected chi connectivity index (χ2v) is 9.80. The molecule has 178 valence electrons. The van der Waals surface area contributed by atoms with Crippen molar-refractivity contribution in [2.75, 3.05) is 26.2 Å². The van der Waals surface area contributed by atoms with Gasteiger partial charge in [0.2, 0.25) is 0 Å². The minimum Gasteiger partial charge on any atom is -0.336 e. The smallest absolute Gasteiger partial charge is 0.253 e. The number of hydrogen-bond acceptors (Lipinski definition) is 4. The van der Waals surface area contributed by atoms with Gasteiger partial charge in [0.1, 0.15) is 0 Å². The van der Waals surface area contributed by atoms with Gasteiger partial charge in [0, 0.05) is 56.9 Å². The van der Waals surface area contributed by atoms with E-state index in [0.29, 0.717) is 0 Å². The summed E-state index contributed by atoms with van der Waals surface area (Å²) in [5, 5.41) is 0.976. The van der Waals surface area contributed by atoms with Crippen LogP contribution in [-0.2, 0) is 12.8 Å². The number of thioether (sulfide) groups is 1. The molecule has 2 heterocycles. The van der Waals surface area contributed by atoms with Gasteiger partial charge in [-0.25, -0.2) is 4.98 Å². The highest BCUT2D eigenvalue weighted by Gasteiger charge is 2.28. The van der Waals surface area contributed by atoms with E-state index in [1.165, 1.54) is 11.1 Å². The minimum atomic E-state index is 0.115. The van der Waals surface area contributed by atoms with Gasteiger partial charge in [0.05, 0.1) is 6.04 Å². The van der Waals surface area contributed by atoms with Crippen molar-refractivity contribution >= 4 is 17.7 Å². The summed E-state index contributed by atoms with van der Waals surface area (Å²) in [5.41, 5.74) is 4.47. The first-order valence-electron chi connectivity index (χ1n) is 12.0. The summed E-state index contributed by atoms with van der Waals surface area (Å²) in [6.45, 7) is 3.13. The topological polar surface area (TPSA) is 41.4 Å². The fraction of sp³-hybridized carbons (Fsp3) is 0.241. The molecule has 1 fully saturated rings. The van der Waals surface area contributed by atoms with Gasteiger partial charge in [0.15, 0.2) is 5.16 Å². The number of amides is 1. The highest BCUT2D eigenvalue weighted by Crippen LogP contribution is 2.30. The Morgan fingerprint density at radius 2 is 1.54 bits per heavy atom. The van der Waals surface area contributed by atoms with Crippen molar-refractivity contribution in [3.63, 3.8) is 0 Å². The number of rotatable bonds is 7. The Bertz CT molecular complexity index is 1210. The normalized spacial score (nSPS) is 14.4. The summed E-state index contributed by atoms with van der Waals surface area (Å²) in [5.74, 6) is 0.903. The summed E-state index contributed by atoms with van der Waals surface area (Å²) in [7, 11) is 2.00. The lowest BCUT2D eigenvalue weighted by Gasteiger charge is -2.39. The van der Waals surface area contributed by atoms with Crippen molar-refractivity contribution in [1.29, 1.82) is 0 Å². The maximum absolute atomic E-state index is 13.3. The van der Waals surface area contributed by atoms with Crippen LogP contribution in [0.5, 0.6) is 0 Å². The predicted octanol–water partition coefficient (Wildman–Crippen LogP) is 5.26. The first-order chi connectivity index (χ1) is 17.2. The van der Waals surface area contributed by atoms with E-state index in [0.717, 1.165) is 48.2 Å². The molecule has 3 aromatic carbocycles. The van der Waals surface area contributed by atoms with E-state index in [9.17, 15) is 4.79 Å². The molecule has 0 bridgehead atoms. The summed E-state index contributed by atoms with van der Waals surface area (Å²) in [6, 6.07) is 29.5. The van der Waals surface area contributed by atoms with E-state index in [4.69, 9.17) is 0 Å². The number of imidazole rings is 1. The quantitative estimate of drug-likeness (QED) is 0.337. The number of piperazine rings is 1. The van der Waals surface area contributed by atoms with Gasteiger partial charge in [-0.05, 0) is 28.8 Å². The van der Waals surface area contributed by atoms with Crippen LogP contribution in [0.4, 0.5) is 0 Å². The highest BCUT2D eigenvalue weighted by molar-refractivity contribution is 7.98. The molecule has 5 nitrogen and oxygen atoms in total. The molecule has 0 saturated carbocycles. The Morgan fingerprint density at radius 1 is 0.886 bits per heavy atom. The number of carbonyl (C=O) groups excluding carboxylic acids is 1. The van der Waals surface area contributed by atoms with Gasteiger partial charge in [-0.3, -0.25) is 9.69 Å². The van der Waals surface area contributed by atoms with Crippen LogP contribution >= 0.6 is 11.8 Å². The standard InChI is InChI=1S/C29H30N4OS/c1-31-16-15-30-29(31)35-22-23-9-8-14-26(21-23)28(34)33-19-17-32(18-20-33)27(24-10-4-2-5-11-24)25-12-6-3-7-13-25/h2-16,21,27H,17-20,22H2,1H3. The van der Waals surface area contributed by atoms with Crippen molar-refractivity contribution < 1.29 is 4.79 Å². The zero-order valence-corrected chi connectivity index (χ0v) is 20.8. The Balaban J connectivity index is 1.25. The molecule has 4 aromatic rings. The first-order valence-corrected chi connectivity index (χ1v) is 13.0. The number of aromatic nitrogens is 2. The van der Waals surface area contributed by atoms with Crippen molar-refractivity contribution in [3.8, 4) is 0 Å². The summed E-state index contributed by atoms with van der Waals surface area (Å²) in [4.78, 5) is 22.2. The second kappa shape index (κ2) is 10.9. The van der Waals surface area contributed by atoms with Crippen LogP contribution in [0.3, 0.4) is 0 Å². The van der Waals surface area contributed by atoms with Crippen molar-refractivity contribution in [2.24, 2.45) is 7.05 Å². The van der Waals surface area contributed by atoms with Gasteiger partial charge in [-0.2, -0.15) is 0 Å². The van der Waals surface area contributed by atoms with Crippen LogP contribution in [0, 0.1) is 0 Å². The molecule has 5 rings (SSSR count). The summed E-state index contributed by atoms with van der Waals surface area (Å²) in [6.07, 6.45) is 3.75. The molecule has 0 N–H and O–H groups in total. The van der Waals surface area contributed by atoms with Crippen molar-refractivity contribution in [3.05, 3.63) is 120 Å². The van der Waals surface area contributed by atoms with E-state index in [1.54, 1.807) is 11.8 Å². The third kappa shape index (κ3) is 5.50. The lowest BCUT2D eigenvalue weighted by atomic mass is 9.96. The van der Waals surface area contributed by atoms with E-state index in [2.05, 4.69) is 76.6 Å². The molecule has 0 unspecified atom stereocenters. The number of carbonyl (C=O) groups is 1. The SMILES string of the molecule is Cn1ccnc1SCc1cccc(C(=O)N2CCN(C(c3ccccc3)c3ccccc3)CC2)c1. The van der Waals surface area contributed by atoms with Crippen molar-refractivity contribution in [2.45, 2.75) is 17.0 Å². The van der Waals surface area contributed by atoms with Crippen LogP contribution in [0.25, 0.3) is 0 Å². The van der Waals surface area contributed by atoms with Gasteiger partial charge < -0.3 is 9.47 Å². The maximum Gasteiger partial charge on any atom is 0.253 e. The van der Waals surface area contributed by atoms with Gasteiger partial charge >= 0.3 is 0 Å². The van der Waals surface area contributed by atoms with Gasteiger partial charge in [0.25, 0.3) is 5.91 Å². The third-order valence-corrected chi connectivity index (χ3v) is 7.65. The number of hydrogen-bond donors (Lipinski definition) is 0. The van der Waals surface area contributed by atoms with Crippen LogP contribution < -0.4 is 0 Å². The summed E-state index contributed by atoms with van der Waals surface area (Å²) < 4.78 is 2.01. The van der Waals surface area contributed by atoms with Crippen LogP contribution in [-0.4, -0.2) is 51.4 Å². The van der Waals surface area contributed by atoms with Crippen LogP contribution in [0.2, 0.25) is 0 Å². The molecule has 1 aromatic heterocycles. The molecular formula is C29H30N4OS. The third-order valence-electron chi connectivity index (χ3n) is 6.52. The zero-order valence-electron chi connectivity index (χ0n) is 20.0. The fourth-order valence-electron chi connectivity index (χ4n) is 4.68. The van der Waals surface area contributed by atoms with E-state index < -0.39 is 0 Å². The Morgan fingerprint density at radius 3 is 2.14 bits per heavy atom. The minimum absolute atomic E-state index is 0.115. The predicted molar refractivity (Wildman–Crippen MR) is 141 cm³/mol. The molecule has 6 heteroatoms. The molecule has 0 radical (unpaired) electrons. The van der Waals surface area contributed by atoms with E-state index >= 15 is 0 Å². The van der Waals surface area contributed by atoms with E-state index in [-0.39, 0.29) is 11.9 Å². The lowest BCUT2D eigenvalue weighted by molar-refractivity contribution is 0.0597. The average molecular weight is 483 g/mol. The molecule has 35 heavy (non-hydrogen) atoms. The Labute approximate surface area is 211 Å². The van der Waals surface area contributed by atoms with Gasteiger partial charge in [-0.15, -0.1) is 0 Å². The number of nitrogens with zero attached hydrogens (tertiary/aromatic N) is 4.